The second-order valence-corrected chi connectivity index (χ2v) is 8.10. The molecular formula is C24H3F6N7O2. The van der Waals surface area contributed by atoms with Gasteiger partial charge in [0.25, 0.3) is 0 Å². The summed E-state index contributed by atoms with van der Waals surface area (Å²) in [5, 5.41) is 67.7. The summed E-state index contributed by atoms with van der Waals surface area (Å²) in [7, 11) is 0. The van der Waals surface area contributed by atoms with Gasteiger partial charge in [0.05, 0.1) is 52.0 Å². The smallest absolute Gasteiger partial charge is 0.405 e. The van der Waals surface area contributed by atoms with Gasteiger partial charge < -0.3 is 9.47 Å². The first-order valence-electron chi connectivity index (χ1n) is 10.1. The fourth-order valence-electron chi connectivity index (χ4n) is 5.08. The number of fused-ring (bicyclic) bond motifs is 3. The predicted octanol–water partition coefficient (Wildman–Crippen LogP) is 4.69. The van der Waals surface area contributed by atoms with Crippen molar-refractivity contribution in [3.63, 3.8) is 0 Å². The van der Waals surface area contributed by atoms with Crippen LogP contribution in [0.2, 0.25) is 0 Å². The molecule has 1 spiro atoms. The van der Waals surface area contributed by atoms with E-state index >= 15 is 0 Å². The van der Waals surface area contributed by atoms with Gasteiger partial charge in [-0.3, -0.25) is 0 Å². The molecule has 0 bridgehead atoms. The van der Waals surface area contributed by atoms with E-state index in [-0.39, 0.29) is 0 Å². The Balaban J connectivity index is 2.40. The molecule has 39 heavy (non-hydrogen) atoms. The third-order valence-electron chi connectivity index (χ3n) is 6.41. The number of benzene rings is 1. The van der Waals surface area contributed by atoms with Gasteiger partial charge in [0.15, 0.2) is 5.41 Å². The van der Waals surface area contributed by atoms with Crippen molar-refractivity contribution in [3.8, 4) is 54.0 Å². The molecule has 4 rings (SSSR count). The molecule has 15 heteroatoms. The van der Waals surface area contributed by atoms with E-state index in [0.717, 1.165) is 0 Å². The third kappa shape index (κ3) is 3.27. The van der Waals surface area contributed by atoms with Crippen molar-refractivity contribution >= 4 is 16.7 Å². The van der Waals surface area contributed by atoms with E-state index in [9.17, 15) is 63.2 Å². The van der Waals surface area contributed by atoms with E-state index in [1.165, 1.54) is 30.3 Å². The van der Waals surface area contributed by atoms with Crippen molar-refractivity contribution < 1.29 is 35.8 Å². The van der Waals surface area contributed by atoms with Crippen LogP contribution in [0.4, 0.5) is 26.3 Å². The van der Waals surface area contributed by atoms with Gasteiger partial charge in [-0.25, -0.2) is 0 Å². The SMILES string of the molecule is N#C/C=C1/C(C#N)=C(C#N)c2c(OC(F)(F)F)c3c(c(OC(F)(F)F)c21)C1(CC1(C#N)C#N)C(C#N)=C3C#N. The molecule has 0 radical (unpaired) electrons. The van der Waals surface area contributed by atoms with Crippen molar-refractivity contribution in [2.24, 2.45) is 5.41 Å². The Morgan fingerprint density at radius 1 is 0.667 bits per heavy atom. The Labute approximate surface area is 213 Å². The number of nitrogens with zero attached hydrogens (tertiary/aromatic N) is 7. The van der Waals surface area contributed by atoms with Gasteiger partial charge in [0.2, 0.25) is 0 Å². The van der Waals surface area contributed by atoms with Crippen LogP contribution >= 0.6 is 0 Å². The first kappa shape index (κ1) is 26.1. The average Bonchev–Trinajstić information content (AvgIpc) is 3.28. The van der Waals surface area contributed by atoms with E-state index < -0.39 is 91.6 Å². The minimum absolute atomic E-state index is 0.481. The molecule has 0 heterocycles. The maximum Gasteiger partial charge on any atom is 0.573 e. The summed E-state index contributed by atoms with van der Waals surface area (Å²) in [5.41, 5.74) is -13.1. The number of ether oxygens (including phenoxy) is 2. The highest BCUT2D eigenvalue weighted by atomic mass is 19.4. The second kappa shape index (κ2) is 8.03. The zero-order valence-electron chi connectivity index (χ0n) is 18.5. The first-order chi connectivity index (χ1) is 18.3. The minimum atomic E-state index is -5.60. The zero-order chi connectivity index (χ0) is 29.1. The van der Waals surface area contributed by atoms with Gasteiger partial charge >= 0.3 is 12.7 Å². The van der Waals surface area contributed by atoms with Gasteiger partial charge in [-0.15, -0.1) is 26.3 Å². The Morgan fingerprint density at radius 3 is 1.62 bits per heavy atom. The van der Waals surface area contributed by atoms with Crippen LogP contribution < -0.4 is 9.47 Å². The molecule has 1 aromatic carbocycles. The monoisotopic (exact) mass is 535 g/mol. The van der Waals surface area contributed by atoms with Crippen LogP contribution in [0.1, 0.15) is 28.7 Å². The molecule has 3 aliphatic carbocycles. The Bertz CT molecular complexity index is 1780. The fraction of sp³-hybridized carbons (Fsp3) is 0.208. The summed E-state index contributed by atoms with van der Waals surface area (Å²) in [4.78, 5) is 0. The highest BCUT2D eigenvalue weighted by Gasteiger charge is 2.77. The lowest BCUT2D eigenvalue weighted by atomic mass is 9.81. The topological polar surface area (TPSA) is 185 Å². The zero-order valence-corrected chi connectivity index (χ0v) is 18.5. The van der Waals surface area contributed by atoms with E-state index in [2.05, 4.69) is 9.47 Å². The molecule has 3 aliphatic rings. The summed E-state index contributed by atoms with van der Waals surface area (Å²) in [5.74, 6) is -2.84. The van der Waals surface area contributed by atoms with Crippen LogP contribution in [0.15, 0.2) is 17.2 Å². The van der Waals surface area contributed by atoms with Crippen molar-refractivity contribution in [1.29, 1.82) is 36.8 Å². The lowest BCUT2D eigenvalue weighted by molar-refractivity contribution is -0.277. The molecule has 9 nitrogen and oxygen atoms in total. The Morgan fingerprint density at radius 2 is 1.21 bits per heavy atom. The average molecular weight is 535 g/mol. The molecule has 0 N–H and O–H groups in total. The predicted molar refractivity (Wildman–Crippen MR) is 110 cm³/mol. The highest BCUT2D eigenvalue weighted by molar-refractivity contribution is 6.13. The highest BCUT2D eigenvalue weighted by Crippen LogP contribution is 2.76. The van der Waals surface area contributed by atoms with Gasteiger partial charge in [-0.2, -0.15) is 36.8 Å². The van der Waals surface area contributed by atoms with Crippen LogP contribution in [0, 0.1) is 84.7 Å². The van der Waals surface area contributed by atoms with Gasteiger partial charge in [0, 0.05) is 33.9 Å². The number of hydrogen-bond donors (Lipinski definition) is 0. The van der Waals surface area contributed by atoms with Crippen molar-refractivity contribution in [3.05, 3.63) is 39.5 Å². The van der Waals surface area contributed by atoms with Gasteiger partial charge in [-0.1, -0.05) is 0 Å². The molecule has 0 aromatic heterocycles. The summed E-state index contributed by atoms with van der Waals surface area (Å²) in [6.07, 6.45) is -11.4. The summed E-state index contributed by atoms with van der Waals surface area (Å²) in [6.45, 7) is 0. The quantitative estimate of drug-likeness (QED) is 0.382. The maximum atomic E-state index is 13.8. The molecule has 188 valence electrons. The molecule has 1 saturated carbocycles. The second-order valence-electron chi connectivity index (χ2n) is 8.10. The molecule has 0 saturated heterocycles. The normalized spacial score (nSPS) is 20.9. The lowest BCUT2D eigenvalue weighted by Crippen LogP contribution is -2.25. The number of rotatable bonds is 2. The van der Waals surface area contributed by atoms with Crippen LogP contribution in [-0.2, 0) is 5.41 Å². The minimum Gasteiger partial charge on any atom is -0.405 e. The van der Waals surface area contributed by atoms with Crippen molar-refractivity contribution in [1.82, 2.24) is 0 Å². The van der Waals surface area contributed by atoms with Crippen LogP contribution in [0.3, 0.4) is 0 Å². The molecule has 0 aliphatic heterocycles. The number of nitriles is 7. The number of hydrogen-bond acceptors (Lipinski definition) is 9. The number of allylic oxidation sites excluding steroid dienone is 6. The van der Waals surface area contributed by atoms with Crippen LogP contribution in [0.25, 0.3) is 16.7 Å². The number of alkyl halides is 6. The molecule has 1 fully saturated rings. The first-order valence-corrected chi connectivity index (χ1v) is 10.1. The summed E-state index contributed by atoms with van der Waals surface area (Å²) >= 11 is 0. The maximum absolute atomic E-state index is 13.8. The van der Waals surface area contributed by atoms with E-state index in [1.807, 2.05) is 0 Å². The lowest BCUT2D eigenvalue weighted by Gasteiger charge is -2.25. The molecule has 1 aromatic rings. The van der Waals surface area contributed by atoms with E-state index in [0.29, 0.717) is 6.08 Å². The van der Waals surface area contributed by atoms with Crippen LogP contribution in [-0.4, -0.2) is 12.7 Å². The third-order valence-corrected chi connectivity index (χ3v) is 6.41. The standard InChI is InChI=1S/C24H3F6N7O2/c25-23(26,27)38-19-16-12(4-33)11(3-32)10(1-2-31)15(16)20(39-24(28,29)30)18-17(19)13(5-34)14(6-35)22(18)7-21(22,8-36)9-37/h1H,7H2/b10-1-. The van der Waals surface area contributed by atoms with Gasteiger partial charge in [-0.05, 0) is 6.42 Å². The van der Waals surface area contributed by atoms with Crippen LogP contribution in [0.5, 0.6) is 11.5 Å². The van der Waals surface area contributed by atoms with Gasteiger partial charge in [0.1, 0.15) is 29.7 Å². The summed E-state index contributed by atoms with van der Waals surface area (Å²) < 4.78 is 90.6. The van der Waals surface area contributed by atoms with Crippen molar-refractivity contribution in [2.45, 2.75) is 24.6 Å². The van der Waals surface area contributed by atoms with E-state index in [1.54, 1.807) is 12.1 Å². The van der Waals surface area contributed by atoms with Crippen molar-refractivity contribution in [2.75, 3.05) is 0 Å². The van der Waals surface area contributed by atoms with E-state index in [4.69, 9.17) is 0 Å². The molecule has 1 atom stereocenters. The largest absolute Gasteiger partial charge is 0.573 e. The molecule has 1 unspecified atom stereocenters. The Kier molecular flexibility index (Phi) is 5.38. The molecular weight excluding hydrogens is 532 g/mol. The number of halogens is 6. The fourth-order valence-corrected chi connectivity index (χ4v) is 5.08. The summed E-state index contributed by atoms with van der Waals surface area (Å²) in [6, 6.07) is 10.3. The molecule has 0 amide bonds. The Hall–Kier alpha value is -5.95.